The molecule has 0 saturated heterocycles. The van der Waals surface area contributed by atoms with Crippen LogP contribution in [0.2, 0.25) is 0 Å². The van der Waals surface area contributed by atoms with E-state index in [1.807, 2.05) is 35.9 Å². The van der Waals surface area contributed by atoms with E-state index in [1.165, 1.54) is 0 Å². The lowest BCUT2D eigenvalue weighted by Gasteiger charge is -2.00. The number of hydroxylamine groups is 1. The minimum atomic E-state index is 0.336. The van der Waals surface area contributed by atoms with Crippen LogP contribution in [0.15, 0.2) is 30.5 Å². The molecule has 0 aliphatic carbocycles. The Kier molecular flexibility index (Phi) is 2.00. The summed E-state index contributed by atoms with van der Waals surface area (Å²) in [5, 5.41) is 9.69. The summed E-state index contributed by atoms with van der Waals surface area (Å²) in [6.07, 6.45) is 1.86. The molecule has 0 spiro atoms. The van der Waals surface area contributed by atoms with Crippen molar-refractivity contribution >= 4 is 28.1 Å². The number of hydrogen-bond acceptors (Lipinski definition) is 2. The molecule has 0 aliphatic heterocycles. The van der Waals surface area contributed by atoms with Crippen molar-refractivity contribution in [3.8, 4) is 0 Å². The summed E-state index contributed by atoms with van der Waals surface area (Å²) in [6.45, 7) is 0. The Bertz CT molecular complexity index is 450. The fourth-order valence-electron chi connectivity index (χ4n) is 1.26. The predicted octanol–water partition coefficient (Wildman–Crippen LogP) is 1.82. The van der Waals surface area contributed by atoms with Gasteiger partial charge in [-0.25, -0.2) is 0 Å². The minimum absolute atomic E-state index is 0.336. The molecule has 4 heteroatoms. The van der Waals surface area contributed by atoms with E-state index in [0.29, 0.717) is 4.99 Å². The largest absolute Gasteiger partial charge is 0.361 e. The van der Waals surface area contributed by atoms with Gasteiger partial charge in [-0.3, -0.25) is 10.7 Å². The lowest BCUT2D eigenvalue weighted by atomic mass is 10.1. The Morgan fingerprint density at radius 3 is 3.00 bits per heavy atom. The molecule has 13 heavy (non-hydrogen) atoms. The van der Waals surface area contributed by atoms with Crippen molar-refractivity contribution in [2.24, 2.45) is 0 Å². The SMILES string of the molecule is ONC(=S)c1ccc2[nH]ccc2c1. The Morgan fingerprint density at radius 2 is 2.23 bits per heavy atom. The van der Waals surface area contributed by atoms with Gasteiger partial charge < -0.3 is 4.98 Å². The maximum atomic E-state index is 8.61. The van der Waals surface area contributed by atoms with Crippen LogP contribution in [-0.4, -0.2) is 15.2 Å². The zero-order chi connectivity index (χ0) is 9.26. The average Bonchev–Trinajstić information content (AvgIpc) is 2.63. The smallest absolute Gasteiger partial charge is 0.130 e. The summed E-state index contributed by atoms with van der Waals surface area (Å²) >= 11 is 4.89. The zero-order valence-electron chi connectivity index (χ0n) is 6.74. The third-order valence-electron chi connectivity index (χ3n) is 1.92. The summed E-state index contributed by atoms with van der Waals surface area (Å²) in [5.41, 5.74) is 3.83. The molecular formula is C9H8N2OS. The standard InChI is InChI=1S/C9H8N2OS/c12-11-9(13)7-1-2-8-6(5-7)3-4-10-8/h1-5,10,12H,(H,11,13). The van der Waals surface area contributed by atoms with E-state index in [9.17, 15) is 0 Å². The van der Waals surface area contributed by atoms with Gasteiger partial charge in [-0.2, -0.15) is 0 Å². The lowest BCUT2D eigenvalue weighted by molar-refractivity contribution is 0.238. The van der Waals surface area contributed by atoms with Crippen LogP contribution in [0.4, 0.5) is 0 Å². The molecule has 0 amide bonds. The van der Waals surface area contributed by atoms with Crippen LogP contribution in [-0.2, 0) is 0 Å². The lowest BCUT2D eigenvalue weighted by Crippen LogP contribution is -2.16. The fourth-order valence-corrected chi connectivity index (χ4v) is 1.39. The van der Waals surface area contributed by atoms with Crippen molar-refractivity contribution in [3.05, 3.63) is 36.0 Å². The van der Waals surface area contributed by atoms with Gasteiger partial charge in [-0.05, 0) is 24.3 Å². The number of fused-ring (bicyclic) bond motifs is 1. The Morgan fingerprint density at radius 1 is 1.38 bits per heavy atom. The first kappa shape index (κ1) is 8.22. The molecular weight excluding hydrogens is 184 g/mol. The Labute approximate surface area is 80.3 Å². The first-order valence-corrected chi connectivity index (χ1v) is 4.23. The monoisotopic (exact) mass is 192 g/mol. The van der Waals surface area contributed by atoms with Crippen LogP contribution in [0.5, 0.6) is 0 Å². The van der Waals surface area contributed by atoms with Gasteiger partial charge in [0.15, 0.2) is 0 Å². The quantitative estimate of drug-likeness (QED) is 0.477. The van der Waals surface area contributed by atoms with E-state index in [0.717, 1.165) is 16.5 Å². The van der Waals surface area contributed by atoms with Crippen molar-refractivity contribution in [2.75, 3.05) is 0 Å². The molecule has 66 valence electrons. The van der Waals surface area contributed by atoms with Gasteiger partial charge in [0.25, 0.3) is 0 Å². The van der Waals surface area contributed by atoms with Gasteiger partial charge in [0.2, 0.25) is 0 Å². The molecule has 2 aromatic rings. The van der Waals surface area contributed by atoms with Gasteiger partial charge in [-0.15, -0.1) is 0 Å². The zero-order valence-corrected chi connectivity index (χ0v) is 7.56. The van der Waals surface area contributed by atoms with Crippen molar-refractivity contribution in [1.29, 1.82) is 0 Å². The number of nitrogens with one attached hydrogen (secondary N) is 2. The van der Waals surface area contributed by atoms with E-state index < -0.39 is 0 Å². The molecule has 1 aromatic carbocycles. The third-order valence-corrected chi connectivity index (χ3v) is 2.24. The van der Waals surface area contributed by atoms with Crippen LogP contribution < -0.4 is 5.48 Å². The molecule has 0 saturated carbocycles. The minimum Gasteiger partial charge on any atom is -0.361 e. The van der Waals surface area contributed by atoms with E-state index >= 15 is 0 Å². The number of hydrogen-bond donors (Lipinski definition) is 3. The number of rotatable bonds is 1. The van der Waals surface area contributed by atoms with E-state index in [1.54, 1.807) is 0 Å². The van der Waals surface area contributed by atoms with Gasteiger partial charge in [-0.1, -0.05) is 12.2 Å². The predicted molar refractivity (Wildman–Crippen MR) is 54.9 cm³/mol. The summed E-state index contributed by atoms with van der Waals surface area (Å²) < 4.78 is 0. The fraction of sp³-hybridized carbons (Fsp3) is 0. The molecule has 0 radical (unpaired) electrons. The summed E-state index contributed by atoms with van der Waals surface area (Å²) in [5.74, 6) is 0. The van der Waals surface area contributed by atoms with E-state index in [2.05, 4.69) is 4.98 Å². The normalized spacial score (nSPS) is 10.2. The number of aromatic amines is 1. The van der Waals surface area contributed by atoms with Crippen molar-refractivity contribution in [3.63, 3.8) is 0 Å². The number of aromatic nitrogens is 1. The van der Waals surface area contributed by atoms with Crippen LogP contribution in [0.1, 0.15) is 5.56 Å². The molecule has 3 N–H and O–H groups in total. The highest BCUT2D eigenvalue weighted by Gasteiger charge is 2.00. The van der Waals surface area contributed by atoms with E-state index in [4.69, 9.17) is 17.4 Å². The van der Waals surface area contributed by atoms with Crippen molar-refractivity contribution < 1.29 is 5.21 Å². The number of H-pyrrole nitrogens is 1. The highest BCUT2D eigenvalue weighted by atomic mass is 32.1. The van der Waals surface area contributed by atoms with E-state index in [-0.39, 0.29) is 0 Å². The Balaban J connectivity index is 2.54. The topological polar surface area (TPSA) is 48.0 Å². The highest BCUT2D eigenvalue weighted by molar-refractivity contribution is 7.80. The average molecular weight is 192 g/mol. The molecule has 0 atom stereocenters. The third kappa shape index (κ3) is 1.41. The second kappa shape index (κ2) is 3.16. The first-order chi connectivity index (χ1) is 6.31. The molecule has 1 aromatic heterocycles. The van der Waals surface area contributed by atoms with Crippen LogP contribution in [0.3, 0.4) is 0 Å². The van der Waals surface area contributed by atoms with Crippen molar-refractivity contribution in [1.82, 2.24) is 10.5 Å². The van der Waals surface area contributed by atoms with Crippen molar-refractivity contribution in [2.45, 2.75) is 0 Å². The Hall–Kier alpha value is -1.39. The number of thiocarbonyl (C=S) groups is 1. The second-order valence-electron chi connectivity index (χ2n) is 2.72. The maximum absolute atomic E-state index is 8.61. The highest BCUT2D eigenvalue weighted by Crippen LogP contribution is 2.14. The molecule has 0 aliphatic rings. The summed E-state index contributed by atoms with van der Waals surface area (Å²) in [6, 6.07) is 7.65. The number of benzene rings is 1. The molecule has 0 unspecified atom stereocenters. The van der Waals surface area contributed by atoms with Gasteiger partial charge >= 0.3 is 0 Å². The molecule has 0 bridgehead atoms. The maximum Gasteiger partial charge on any atom is 0.130 e. The molecule has 1 heterocycles. The van der Waals surface area contributed by atoms with Gasteiger partial charge in [0.05, 0.1) is 0 Å². The van der Waals surface area contributed by atoms with Gasteiger partial charge in [0.1, 0.15) is 4.99 Å². The summed E-state index contributed by atoms with van der Waals surface area (Å²) in [7, 11) is 0. The van der Waals surface area contributed by atoms with Crippen LogP contribution in [0.25, 0.3) is 10.9 Å². The first-order valence-electron chi connectivity index (χ1n) is 3.83. The molecule has 2 rings (SSSR count). The van der Waals surface area contributed by atoms with Gasteiger partial charge in [0, 0.05) is 22.7 Å². The molecule has 3 nitrogen and oxygen atoms in total. The second-order valence-corrected chi connectivity index (χ2v) is 3.13. The van der Waals surface area contributed by atoms with Crippen LogP contribution >= 0.6 is 12.2 Å². The summed E-state index contributed by atoms with van der Waals surface area (Å²) in [4.78, 5) is 3.41. The molecule has 0 fully saturated rings. The van der Waals surface area contributed by atoms with Crippen LogP contribution in [0, 0.1) is 0 Å².